The zero-order valence-corrected chi connectivity index (χ0v) is 9.55. The molecule has 2 atom stereocenters. The van der Waals surface area contributed by atoms with Crippen LogP contribution in [0, 0.1) is 11.3 Å². The molecule has 1 fully saturated rings. The molecular formula is C11H23NO. The topological polar surface area (TPSA) is 35.2 Å². The van der Waals surface area contributed by atoms with Gasteiger partial charge >= 0.3 is 0 Å². The van der Waals surface area contributed by atoms with Gasteiger partial charge in [-0.05, 0) is 45.1 Å². The summed E-state index contributed by atoms with van der Waals surface area (Å²) in [4.78, 5) is 0. The number of hydrogen-bond donors (Lipinski definition) is 1. The Morgan fingerprint density at radius 1 is 1.38 bits per heavy atom. The van der Waals surface area contributed by atoms with Gasteiger partial charge in [0.1, 0.15) is 0 Å². The molecule has 2 nitrogen and oxygen atoms in total. The molecule has 0 aliphatic heterocycles. The van der Waals surface area contributed by atoms with Gasteiger partial charge in [-0.2, -0.15) is 0 Å². The highest BCUT2D eigenvalue weighted by molar-refractivity contribution is 4.99. The Morgan fingerprint density at radius 3 is 2.23 bits per heavy atom. The Hall–Kier alpha value is -0.0800. The van der Waals surface area contributed by atoms with E-state index < -0.39 is 0 Å². The highest BCUT2D eigenvalue weighted by Gasteiger charge is 2.49. The zero-order chi connectivity index (χ0) is 10.3. The number of nitrogens with two attached hydrogens (primary N) is 1. The van der Waals surface area contributed by atoms with Crippen LogP contribution in [0.15, 0.2) is 0 Å². The molecule has 0 aromatic carbocycles. The van der Waals surface area contributed by atoms with Gasteiger partial charge in [0.2, 0.25) is 0 Å². The van der Waals surface area contributed by atoms with Crippen LogP contribution in [0.4, 0.5) is 0 Å². The van der Waals surface area contributed by atoms with Crippen molar-refractivity contribution in [1.29, 1.82) is 0 Å². The normalized spacial score (nSPS) is 32.8. The molecule has 78 valence electrons. The molecule has 1 saturated carbocycles. The number of hydrogen-bond acceptors (Lipinski definition) is 2. The maximum absolute atomic E-state index is 5.97. The third-order valence-corrected chi connectivity index (χ3v) is 3.16. The van der Waals surface area contributed by atoms with Crippen LogP contribution in [0.5, 0.6) is 0 Å². The summed E-state index contributed by atoms with van der Waals surface area (Å²) in [6.07, 6.45) is 1.52. The van der Waals surface area contributed by atoms with E-state index in [0.717, 1.165) is 13.0 Å². The van der Waals surface area contributed by atoms with Gasteiger partial charge in [0.25, 0.3) is 0 Å². The minimum absolute atomic E-state index is 0.0263. The predicted octanol–water partition coefficient (Wildman–Crippen LogP) is 2.17. The second-order valence-corrected chi connectivity index (χ2v) is 5.71. The van der Waals surface area contributed by atoms with E-state index in [0.29, 0.717) is 12.0 Å². The average molecular weight is 185 g/mol. The van der Waals surface area contributed by atoms with Crippen molar-refractivity contribution in [2.45, 2.75) is 52.7 Å². The van der Waals surface area contributed by atoms with E-state index in [2.05, 4.69) is 34.6 Å². The van der Waals surface area contributed by atoms with Crippen molar-refractivity contribution in [2.75, 3.05) is 6.54 Å². The quantitative estimate of drug-likeness (QED) is 0.715. The highest BCUT2D eigenvalue weighted by Crippen LogP contribution is 2.48. The van der Waals surface area contributed by atoms with E-state index >= 15 is 0 Å². The number of rotatable bonds is 2. The molecule has 1 aliphatic rings. The van der Waals surface area contributed by atoms with Crippen molar-refractivity contribution in [1.82, 2.24) is 0 Å². The van der Waals surface area contributed by atoms with Gasteiger partial charge in [-0.15, -0.1) is 0 Å². The Morgan fingerprint density at radius 2 is 1.92 bits per heavy atom. The molecular weight excluding hydrogens is 162 g/mol. The van der Waals surface area contributed by atoms with Crippen molar-refractivity contribution in [2.24, 2.45) is 17.1 Å². The predicted molar refractivity (Wildman–Crippen MR) is 55.6 cm³/mol. The molecule has 1 rings (SSSR count). The van der Waals surface area contributed by atoms with Gasteiger partial charge < -0.3 is 10.5 Å². The van der Waals surface area contributed by atoms with Crippen LogP contribution in [-0.4, -0.2) is 18.2 Å². The summed E-state index contributed by atoms with van der Waals surface area (Å²) in [5, 5.41) is 0. The summed E-state index contributed by atoms with van der Waals surface area (Å²) in [5.41, 5.74) is 5.92. The van der Waals surface area contributed by atoms with Crippen LogP contribution in [0.1, 0.15) is 41.0 Å². The summed E-state index contributed by atoms with van der Waals surface area (Å²) in [7, 11) is 0. The van der Waals surface area contributed by atoms with Crippen LogP contribution in [0.2, 0.25) is 0 Å². The lowest BCUT2D eigenvalue weighted by molar-refractivity contribution is -0.186. The Balaban J connectivity index is 2.49. The first kappa shape index (κ1) is 11.0. The van der Waals surface area contributed by atoms with Gasteiger partial charge in [0.15, 0.2) is 0 Å². The molecule has 2 heteroatoms. The van der Waals surface area contributed by atoms with Crippen molar-refractivity contribution in [3.63, 3.8) is 0 Å². The SMILES string of the molecule is CC(C)(C)O[C@H]1C[C@@H](CN)C1(C)C. The molecule has 1 aliphatic carbocycles. The summed E-state index contributed by atoms with van der Waals surface area (Å²) in [6, 6.07) is 0. The number of ether oxygens (including phenoxy) is 1. The lowest BCUT2D eigenvalue weighted by atomic mass is 9.60. The van der Waals surface area contributed by atoms with E-state index in [-0.39, 0.29) is 11.0 Å². The summed E-state index contributed by atoms with van der Waals surface area (Å²) < 4.78 is 5.97. The second kappa shape index (κ2) is 3.25. The van der Waals surface area contributed by atoms with Gasteiger partial charge in [0, 0.05) is 0 Å². The van der Waals surface area contributed by atoms with E-state index in [1.54, 1.807) is 0 Å². The first-order chi connectivity index (χ1) is 5.77. The summed E-state index contributed by atoms with van der Waals surface area (Å²) >= 11 is 0. The van der Waals surface area contributed by atoms with Crippen LogP contribution in [-0.2, 0) is 4.74 Å². The van der Waals surface area contributed by atoms with E-state index in [4.69, 9.17) is 10.5 Å². The molecule has 0 bridgehead atoms. The minimum Gasteiger partial charge on any atom is -0.372 e. The molecule has 13 heavy (non-hydrogen) atoms. The first-order valence-electron chi connectivity index (χ1n) is 5.15. The standard InChI is InChI=1S/C11H23NO/c1-10(2,3)13-9-6-8(7-12)11(9,4)5/h8-9H,6-7,12H2,1-5H3/t8-,9-/m0/s1. The average Bonchev–Trinajstić information content (AvgIpc) is 1.95. The fraction of sp³-hybridized carbons (Fsp3) is 1.00. The van der Waals surface area contributed by atoms with Crippen molar-refractivity contribution >= 4 is 0 Å². The van der Waals surface area contributed by atoms with Gasteiger partial charge in [-0.25, -0.2) is 0 Å². The second-order valence-electron chi connectivity index (χ2n) is 5.71. The lowest BCUT2D eigenvalue weighted by Gasteiger charge is -2.53. The van der Waals surface area contributed by atoms with Crippen LogP contribution >= 0.6 is 0 Å². The maximum Gasteiger partial charge on any atom is 0.0639 e. The molecule has 0 heterocycles. The largest absolute Gasteiger partial charge is 0.372 e. The fourth-order valence-corrected chi connectivity index (χ4v) is 2.00. The van der Waals surface area contributed by atoms with Crippen LogP contribution in [0.25, 0.3) is 0 Å². The minimum atomic E-state index is -0.0263. The van der Waals surface area contributed by atoms with Gasteiger partial charge in [-0.1, -0.05) is 13.8 Å². The summed E-state index contributed by atoms with van der Waals surface area (Å²) in [6.45, 7) is 11.6. The molecule has 0 aromatic heterocycles. The molecule has 0 amide bonds. The molecule has 2 N–H and O–H groups in total. The molecule has 0 radical (unpaired) electrons. The Labute approximate surface area is 81.8 Å². The molecule has 0 aromatic rings. The highest BCUT2D eigenvalue weighted by atomic mass is 16.5. The van der Waals surface area contributed by atoms with Crippen molar-refractivity contribution < 1.29 is 4.74 Å². The third-order valence-electron chi connectivity index (χ3n) is 3.16. The van der Waals surface area contributed by atoms with Crippen LogP contribution in [0.3, 0.4) is 0 Å². The van der Waals surface area contributed by atoms with Crippen molar-refractivity contribution in [3.8, 4) is 0 Å². The van der Waals surface area contributed by atoms with E-state index in [1.165, 1.54) is 0 Å². The summed E-state index contributed by atoms with van der Waals surface area (Å²) in [5.74, 6) is 0.639. The third kappa shape index (κ3) is 2.23. The van der Waals surface area contributed by atoms with E-state index in [9.17, 15) is 0 Å². The first-order valence-corrected chi connectivity index (χ1v) is 5.15. The smallest absolute Gasteiger partial charge is 0.0639 e. The van der Waals surface area contributed by atoms with Crippen molar-refractivity contribution in [3.05, 3.63) is 0 Å². The zero-order valence-electron chi connectivity index (χ0n) is 9.55. The molecule has 0 unspecified atom stereocenters. The monoisotopic (exact) mass is 185 g/mol. The maximum atomic E-state index is 5.97. The van der Waals surface area contributed by atoms with Crippen LogP contribution < -0.4 is 5.73 Å². The van der Waals surface area contributed by atoms with E-state index in [1.807, 2.05) is 0 Å². The Bertz CT molecular complexity index is 181. The molecule has 0 saturated heterocycles. The van der Waals surface area contributed by atoms with Gasteiger partial charge in [-0.3, -0.25) is 0 Å². The fourth-order valence-electron chi connectivity index (χ4n) is 2.00. The van der Waals surface area contributed by atoms with Gasteiger partial charge in [0.05, 0.1) is 11.7 Å². The molecule has 0 spiro atoms. The Kier molecular flexibility index (Phi) is 2.75. The lowest BCUT2D eigenvalue weighted by Crippen LogP contribution is -2.55.